The first-order chi connectivity index (χ1) is 11.6. The lowest BCUT2D eigenvalue weighted by Gasteiger charge is -2.14. The minimum Gasteiger partial charge on any atom is -0.465 e. The van der Waals surface area contributed by atoms with E-state index in [9.17, 15) is 4.79 Å². The molecule has 2 heterocycles. The number of benzene rings is 1. The number of halogens is 1. The summed E-state index contributed by atoms with van der Waals surface area (Å²) in [6.45, 7) is 1.69. The van der Waals surface area contributed by atoms with Crippen LogP contribution in [0.1, 0.15) is 29.1 Å². The highest BCUT2D eigenvalue weighted by Crippen LogP contribution is 2.21. The molecular weight excluding hydrogens is 330 g/mol. The SMILES string of the molecule is Cc1nc(C(NC(=O)/C=C/c2ccco2)c2ccc(Cl)cc2)no1. The zero-order valence-corrected chi connectivity index (χ0v) is 13.5. The monoisotopic (exact) mass is 343 g/mol. The quantitative estimate of drug-likeness (QED) is 0.716. The van der Waals surface area contributed by atoms with E-state index in [-0.39, 0.29) is 5.91 Å². The summed E-state index contributed by atoms with van der Waals surface area (Å²) in [4.78, 5) is 16.4. The van der Waals surface area contributed by atoms with Crippen LogP contribution in [0.2, 0.25) is 5.02 Å². The van der Waals surface area contributed by atoms with Crippen molar-refractivity contribution in [3.8, 4) is 0 Å². The third-order valence-corrected chi connectivity index (χ3v) is 3.49. The molecule has 0 saturated heterocycles. The van der Waals surface area contributed by atoms with Gasteiger partial charge in [0, 0.05) is 18.0 Å². The maximum absolute atomic E-state index is 12.2. The lowest BCUT2D eigenvalue weighted by Crippen LogP contribution is -2.28. The van der Waals surface area contributed by atoms with Crippen molar-refractivity contribution in [3.05, 3.63) is 76.8 Å². The Balaban J connectivity index is 1.82. The predicted molar refractivity (Wildman–Crippen MR) is 88.2 cm³/mol. The average molecular weight is 344 g/mol. The fourth-order valence-electron chi connectivity index (χ4n) is 2.12. The van der Waals surface area contributed by atoms with Gasteiger partial charge in [-0.2, -0.15) is 4.98 Å². The van der Waals surface area contributed by atoms with Crippen molar-refractivity contribution in [2.75, 3.05) is 0 Å². The molecule has 0 saturated carbocycles. The molecule has 0 radical (unpaired) electrons. The lowest BCUT2D eigenvalue weighted by atomic mass is 10.1. The summed E-state index contributed by atoms with van der Waals surface area (Å²) < 4.78 is 10.2. The van der Waals surface area contributed by atoms with E-state index in [1.165, 1.54) is 12.3 Å². The van der Waals surface area contributed by atoms with Crippen LogP contribution in [0.3, 0.4) is 0 Å². The van der Waals surface area contributed by atoms with Crippen LogP contribution in [0.4, 0.5) is 0 Å². The molecule has 0 aliphatic carbocycles. The largest absolute Gasteiger partial charge is 0.465 e. The number of hydrogen-bond acceptors (Lipinski definition) is 5. The fraction of sp³-hybridized carbons (Fsp3) is 0.118. The molecule has 0 spiro atoms. The maximum Gasteiger partial charge on any atom is 0.244 e. The predicted octanol–water partition coefficient (Wildman–Crippen LogP) is 3.54. The van der Waals surface area contributed by atoms with E-state index in [1.807, 2.05) is 0 Å². The first-order valence-electron chi connectivity index (χ1n) is 7.19. The molecule has 122 valence electrons. The van der Waals surface area contributed by atoms with Gasteiger partial charge in [0.1, 0.15) is 11.8 Å². The number of furan rings is 1. The third kappa shape index (κ3) is 3.91. The molecule has 1 aromatic carbocycles. The van der Waals surface area contributed by atoms with Gasteiger partial charge in [0.25, 0.3) is 0 Å². The Bertz CT molecular complexity index is 838. The van der Waals surface area contributed by atoms with Gasteiger partial charge in [-0.25, -0.2) is 0 Å². The van der Waals surface area contributed by atoms with Crippen LogP contribution in [0.15, 0.2) is 57.7 Å². The summed E-state index contributed by atoms with van der Waals surface area (Å²) in [6, 6.07) is 10.0. The van der Waals surface area contributed by atoms with Gasteiger partial charge < -0.3 is 14.3 Å². The highest BCUT2D eigenvalue weighted by atomic mass is 35.5. The Morgan fingerprint density at radius 2 is 2.08 bits per heavy atom. The van der Waals surface area contributed by atoms with Gasteiger partial charge in [0.2, 0.25) is 11.8 Å². The Kier molecular flexibility index (Phi) is 4.77. The zero-order valence-electron chi connectivity index (χ0n) is 12.8. The molecule has 7 heteroatoms. The Morgan fingerprint density at radius 3 is 2.71 bits per heavy atom. The van der Waals surface area contributed by atoms with Crippen molar-refractivity contribution in [2.24, 2.45) is 0 Å². The van der Waals surface area contributed by atoms with Crippen LogP contribution in [0, 0.1) is 6.92 Å². The Labute approximate surface area is 143 Å². The topological polar surface area (TPSA) is 81.2 Å². The van der Waals surface area contributed by atoms with Gasteiger partial charge in [0.15, 0.2) is 5.82 Å². The van der Waals surface area contributed by atoms with Gasteiger partial charge in [0.05, 0.1) is 6.26 Å². The smallest absolute Gasteiger partial charge is 0.244 e. The molecule has 1 amide bonds. The molecule has 1 atom stereocenters. The minimum atomic E-state index is -0.548. The van der Waals surface area contributed by atoms with Crippen molar-refractivity contribution < 1.29 is 13.7 Å². The van der Waals surface area contributed by atoms with Crippen LogP contribution in [-0.2, 0) is 4.79 Å². The number of nitrogens with one attached hydrogen (secondary N) is 1. The second kappa shape index (κ2) is 7.14. The summed E-state index contributed by atoms with van der Waals surface area (Å²) in [5, 5.41) is 7.35. The zero-order chi connectivity index (χ0) is 16.9. The molecule has 1 N–H and O–H groups in total. The molecule has 0 fully saturated rings. The van der Waals surface area contributed by atoms with Crippen LogP contribution in [-0.4, -0.2) is 16.0 Å². The van der Waals surface area contributed by atoms with Crippen LogP contribution >= 0.6 is 11.6 Å². The molecule has 1 unspecified atom stereocenters. The summed E-state index contributed by atoms with van der Waals surface area (Å²) in [5.41, 5.74) is 0.792. The van der Waals surface area contributed by atoms with Crippen molar-refractivity contribution in [2.45, 2.75) is 13.0 Å². The molecule has 3 rings (SSSR count). The van der Waals surface area contributed by atoms with E-state index < -0.39 is 6.04 Å². The normalized spacial score (nSPS) is 12.4. The summed E-state index contributed by atoms with van der Waals surface area (Å²) in [5.74, 6) is 1.07. The van der Waals surface area contributed by atoms with Crippen LogP contribution < -0.4 is 5.32 Å². The van der Waals surface area contributed by atoms with E-state index >= 15 is 0 Å². The number of hydrogen-bond donors (Lipinski definition) is 1. The lowest BCUT2D eigenvalue weighted by molar-refractivity contribution is -0.117. The minimum absolute atomic E-state index is 0.311. The van der Waals surface area contributed by atoms with Gasteiger partial charge in [-0.05, 0) is 35.9 Å². The number of aryl methyl sites for hydroxylation is 1. The third-order valence-electron chi connectivity index (χ3n) is 3.23. The number of aromatic nitrogens is 2. The highest BCUT2D eigenvalue weighted by Gasteiger charge is 2.21. The highest BCUT2D eigenvalue weighted by molar-refractivity contribution is 6.30. The number of rotatable bonds is 5. The van der Waals surface area contributed by atoms with Crippen molar-refractivity contribution in [1.29, 1.82) is 0 Å². The standard InChI is InChI=1S/C17H14ClN3O3/c1-11-19-17(21-24-11)16(12-4-6-13(18)7-5-12)20-15(22)9-8-14-3-2-10-23-14/h2-10,16H,1H3,(H,20,22)/b9-8+. The van der Waals surface area contributed by atoms with E-state index in [0.717, 1.165) is 5.56 Å². The number of nitrogens with zero attached hydrogens (tertiary/aromatic N) is 2. The summed E-state index contributed by atoms with van der Waals surface area (Å²) >= 11 is 5.92. The molecule has 0 aliphatic rings. The second-order valence-electron chi connectivity index (χ2n) is 5.01. The number of carbonyl (C=O) groups is 1. The molecule has 6 nitrogen and oxygen atoms in total. The summed E-state index contributed by atoms with van der Waals surface area (Å²) in [7, 11) is 0. The molecule has 3 aromatic rings. The van der Waals surface area contributed by atoms with Gasteiger partial charge in [-0.1, -0.05) is 28.9 Å². The van der Waals surface area contributed by atoms with E-state index in [0.29, 0.717) is 22.5 Å². The molecule has 2 aromatic heterocycles. The first kappa shape index (κ1) is 16.0. The molecule has 0 aliphatic heterocycles. The van der Waals surface area contributed by atoms with Crippen molar-refractivity contribution >= 4 is 23.6 Å². The average Bonchev–Trinajstić information content (AvgIpc) is 3.23. The first-order valence-corrected chi connectivity index (χ1v) is 7.57. The maximum atomic E-state index is 12.2. The molecule has 0 bridgehead atoms. The Morgan fingerprint density at radius 1 is 1.29 bits per heavy atom. The molecule has 24 heavy (non-hydrogen) atoms. The van der Waals surface area contributed by atoms with Crippen LogP contribution in [0.25, 0.3) is 6.08 Å². The van der Waals surface area contributed by atoms with Crippen LogP contribution in [0.5, 0.6) is 0 Å². The van der Waals surface area contributed by atoms with Crippen molar-refractivity contribution in [1.82, 2.24) is 15.5 Å². The molecular formula is C17H14ClN3O3. The summed E-state index contributed by atoms with van der Waals surface area (Å²) in [6.07, 6.45) is 4.50. The second-order valence-corrected chi connectivity index (χ2v) is 5.45. The van der Waals surface area contributed by atoms with Gasteiger partial charge in [-0.3, -0.25) is 4.79 Å². The number of amides is 1. The van der Waals surface area contributed by atoms with Gasteiger partial charge >= 0.3 is 0 Å². The van der Waals surface area contributed by atoms with Gasteiger partial charge in [-0.15, -0.1) is 0 Å². The van der Waals surface area contributed by atoms with E-state index in [2.05, 4.69) is 15.5 Å². The number of carbonyl (C=O) groups excluding carboxylic acids is 1. The van der Waals surface area contributed by atoms with E-state index in [4.69, 9.17) is 20.5 Å². The Hall–Kier alpha value is -2.86. The van der Waals surface area contributed by atoms with Crippen molar-refractivity contribution in [3.63, 3.8) is 0 Å². The van der Waals surface area contributed by atoms with E-state index in [1.54, 1.807) is 49.4 Å². The fourth-order valence-corrected chi connectivity index (χ4v) is 2.24.